The Hall–Kier alpha value is -3.28. The monoisotopic (exact) mass is 337 g/mol. The zero-order chi connectivity index (χ0) is 17.6. The first-order chi connectivity index (χ1) is 12.2. The summed E-state index contributed by atoms with van der Waals surface area (Å²) in [6.45, 7) is 0.389. The summed E-state index contributed by atoms with van der Waals surface area (Å²) in [5.74, 6) is 0.920. The van der Waals surface area contributed by atoms with Gasteiger partial charge in [0.15, 0.2) is 11.5 Å². The smallest absolute Gasteiger partial charge is 0.251 e. The van der Waals surface area contributed by atoms with Crippen LogP contribution in [0.2, 0.25) is 0 Å². The van der Waals surface area contributed by atoms with E-state index < -0.39 is 0 Å². The van der Waals surface area contributed by atoms with Gasteiger partial charge in [0.05, 0.1) is 26.1 Å². The lowest BCUT2D eigenvalue weighted by Crippen LogP contribution is -2.22. The summed E-state index contributed by atoms with van der Waals surface area (Å²) in [6.07, 6.45) is 3.63. The molecule has 0 radical (unpaired) electrons. The molecule has 0 bridgehead atoms. The Morgan fingerprint density at radius 2 is 1.84 bits per heavy atom. The average Bonchev–Trinajstić information content (AvgIpc) is 3.15. The fourth-order valence-electron chi connectivity index (χ4n) is 2.44. The first-order valence-corrected chi connectivity index (χ1v) is 7.80. The molecule has 1 aromatic heterocycles. The molecule has 0 aliphatic carbocycles. The molecule has 0 atom stereocenters. The van der Waals surface area contributed by atoms with Crippen molar-refractivity contribution >= 4 is 5.91 Å². The largest absolute Gasteiger partial charge is 0.493 e. The van der Waals surface area contributed by atoms with E-state index in [2.05, 4.69) is 10.4 Å². The Morgan fingerprint density at radius 3 is 2.56 bits per heavy atom. The van der Waals surface area contributed by atoms with Crippen LogP contribution in [0, 0.1) is 0 Å². The van der Waals surface area contributed by atoms with Crippen LogP contribution in [0.25, 0.3) is 5.69 Å². The van der Waals surface area contributed by atoms with E-state index >= 15 is 0 Å². The van der Waals surface area contributed by atoms with Crippen molar-refractivity contribution < 1.29 is 14.3 Å². The number of para-hydroxylation sites is 1. The topological polar surface area (TPSA) is 65.4 Å². The number of hydrogen-bond acceptors (Lipinski definition) is 4. The van der Waals surface area contributed by atoms with Crippen molar-refractivity contribution in [2.75, 3.05) is 14.2 Å². The molecule has 0 fully saturated rings. The summed E-state index contributed by atoms with van der Waals surface area (Å²) in [6, 6.07) is 14.9. The first-order valence-electron chi connectivity index (χ1n) is 7.80. The second-order valence-corrected chi connectivity index (χ2v) is 5.38. The number of carbonyl (C=O) groups is 1. The number of ether oxygens (including phenoxy) is 2. The third-order valence-corrected chi connectivity index (χ3v) is 3.76. The summed E-state index contributed by atoms with van der Waals surface area (Å²) in [5, 5.41) is 7.20. The summed E-state index contributed by atoms with van der Waals surface area (Å²) in [7, 11) is 3.10. The minimum absolute atomic E-state index is 0.187. The molecule has 3 rings (SSSR count). The molecule has 3 aromatic rings. The number of benzene rings is 2. The summed E-state index contributed by atoms with van der Waals surface area (Å²) in [4.78, 5) is 12.3. The number of methoxy groups -OCH3 is 2. The van der Waals surface area contributed by atoms with E-state index in [1.807, 2.05) is 36.5 Å². The molecule has 25 heavy (non-hydrogen) atoms. The number of nitrogens with zero attached hydrogens (tertiary/aromatic N) is 2. The number of hydrogen-bond donors (Lipinski definition) is 1. The Bertz CT molecular complexity index is 859. The predicted molar refractivity (Wildman–Crippen MR) is 94.3 cm³/mol. The number of aromatic nitrogens is 2. The van der Waals surface area contributed by atoms with Gasteiger partial charge in [0.25, 0.3) is 5.91 Å². The Kier molecular flexibility index (Phi) is 4.99. The quantitative estimate of drug-likeness (QED) is 0.751. The van der Waals surface area contributed by atoms with Crippen molar-refractivity contribution in [3.63, 3.8) is 0 Å². The predicted octanol–water partition coefficient (Wildman–Crippen LogP) is 2.82. The van der Waals surface area contributed by atoms with Gasteiger partial charge in [-0.25, -0.2) is 4.68 Å². The minimum Gasteiger partial charge on any atom is -0.493 e. The zero-order valence-corrected chi connectivity index (χ0v) is 14.1. The lowest BCUT2D eigenvalue weighted by Gasteiger charge is -2.09. The molecular formula is C19H19N3O3. The number of amides is 1. The maximum absolute atomic E-state index is 12.3. The second kappa shape index (κ2) is 7.53. The van der Waals surface area contributed by atoms with E-state index in [0.717, 1.165) is 11.3 Å². The van der Waals surface area contributed by atoms with Gasteiger partial charge in [-0.15, -0.1) is 0 Å². The molecule has 128 valence electrons. The van der Waals surface area contributed by atoms with Crippen LogP contribution in [0.3, 0.4) is 0 Å². The summed E-state index contributed by atoms with van der Waals surface area (Å²) >= 11 is 0. The minimum atomic E-state index is -0.187. The lowest BCUT2D eigenvalue weighted by molar-refractivity contribution is 0.0950. The van der Waals surface area contributed by atoms with Crippen LogP contribution in [0.5, 0.6) is 11.5 Å². The van der Waals surface area contributed by atoms with Gasteiger partial charge in [0.1, 0.15) is 0 Å². The highest BCUT2D eigenvalue weighted by Crippen LogP contribution is 2.27. The Morgan fingerprint density at radius 1 is 1.08 bits per heavy atom. The van der Waals surface area contributed by atoms with Crippen LogP contribution in [0.4, 0.5) is 0 Å². The standard InChI is InChI=1S/C19H19N3O3/c1-24-17-9-8-15(10-18(17)25-2)19(23)20-11-14-12-21-22(13-14)16-6-4-3-5-7-16/h3-10,12-13H,11H2,1-2H3,(H,20,23). The van der Waals surface area contributed by atoms with E-state index in [1.165, 1.54) is 7.11 Å². The Balaban J connectivity index is 1.66. The third kappa shape index (κ3) is 3.80. The fourth-order valence-corrected chi connectivity index (χ4v) is 2.44. The van der Waals surface area contributed by atoms with E-state index in [4.69, 9.17) is 9.47 Å². The van der Waals surface area contributed by atoms with Crippen LogP contribution >= 0.6 is 0 Å². The Labute approximate surface area is 146 Å². The van der Waals surface area contributed by atoms with E-state index in [9.17, 15) is 4.79 Å². The highest BCUT2D eigenvalue weighted by molar-refractivity contribution is 5.94. The van der Waals surface area contributed by atoms with Crippen molar-refractivity contribution in [3.05, 3.63) is 72.1 Å². The summed E-state index contributed by atoms with van der Waals surface area (Å²) < 4.78 is 12.2. The molecule has 0 aliphatic rings. The zero-order valence-electron chi connectivity index (χ0n) is 14.1. The van der Waals surface area contributed by atoms with E-state index in [-0.39, 0.29) is 5.91 Å². The maximum atomic E-state index is 12.3. The maximum Gasteiger partial charge on any atom is 0.251 e. The van der Waals surface area contributed by atoms with Crippen molar-refractivity contribution in [1.29, 1.82) is 0 Å². The summed E-state index contributed by atoms with van der Waals surface area (Å²) in [5.41, 5.74) is 2.39. The van der Waals surface area contributed by atoms with Gasteiger partial charge in [0, 0.05) is 23.9 Å². The molecule has 6 heteroatoms. The van der Waals surface area contributed by atoms with Crippen molar-refractivity contribution in [3.8, 4) is 17.2 Å². The van der Waals surface area contributed by atoms with Gasteiger partial charge in [-0.1, -0.05) is 18.2 Å². The third-order valence-electron chi connectivity index (χ3n) is 3.76. The van der Waals surface area contributed by atoms with Crippen LogP contribution in [0.15, 0.2) is 60.9 Å². The molecule has 0 spiro atoms. The van der Waals surface area contributed by atoms with Gasteiger partial charge >= 0.3 is 0 Å². The van der Waals surface area contributed by atoms with Crippen LogP contribution in [0.1, 0.15) is 15.9 Å². The van der Waals surface area contributed by atoms with Crippen molar-refractivity contribution in [2.24, 2.45) is 0 Å². The van der Waals surface area contributed by atoms with Gasteiger partial charge in [0.2, 0.25) is 0 Å². The van der Waals surface area contributed by atoms with Gasteiger partial charge in [-0.05, 0) is 30.3 Å². The van der Waals surface area contributed by atoms with Crippen LogP contribution in [-0.4, -0.2) is 29.9 Å². The molecule has 0 unspecified atom stereocenters. The van der Waals surface area contributed by atoms with Gasteiger partial charge in [-0.3, -0.25) is 4.79 Å². The highest BCUT2D eigenvalue weighted by Gasteiger charge is 2.11. The lowest BCUT2D eigenvalue weighted by atomic mass is 10.2. The molecular weight excluding hydrogens is 318 g/mol. The first kappa shape index (κ1) is 16.6. The highest BCUT2D eigenvalue weighted by atomic mass is 16.5. The number of carbonyl (C=O) groups excluding carboxylic acids is 1. The molecule has 0 saturated carbocycles. The average molecular weight is 337 g/mol. The van der Waals surface area contributed by atoms with Crippen molar-refractivity contribution in [2.45, 2.75) is 6.54 Å². The van der Waals surface area contributed by atoms with E-state index in [0.29, 0.717) is 23.6 Å². The molecule has 2 aromatic carbocycles. The van der Waals surface area contributed by atoms with Crippen LogP contribution in [-0.2, 0) is 6.54 Å². The number of rotatable bonds is 6. The van der Waals surface area contributed by atoms with E-state index in [1.54, 1.807) is 36.2 Å². The van der Waals surface area contributed by atoms with Crippen molar-refractivity contribution in [1.82, 2.24) is 15.1 Å². The SMILES string of the molecule is COc1ccc(C(=O)NCc2cnn(-c3ccccc3)c2)cc1OC. The molecule has 0 aliphatic heterocycles. The second-order valence-electron chi connectivity index (χ2n) is 5.38. The van der Waals surface area contributed by atoms with Gasteiger partial charge in [-0.2, -0.15) is 5.10 Å². The molecule has 6 nitrogen and oxygen atoms in total. The molecule has 1 heterocycles. The normalized spacial score (nSPS) is 10.3. The fraction of sp³-hybridized carbons (Fsp3) is 0.158. The van der Waals surface area contributed by atoms with Gasteiger partial charge < -0.3 is 14.8 Å². The number of nitrogens with one attached hydrogen (secondary N) is 1. The van der Waals surface area contributed by atoms with Crippen LogP contribution < -0.4 is 14.8 Å². The molecule has 1 N–H and O–H groups in total. The molecule has 1 amide bonds. The molecule has 0 saturated heterocycles.